The topological polar surface area (TPSA) is 12.0 Å². The van der Waals surface area contributed by atoms with Crippen LogP contribution >= 0.6 is 0 Å². The van der Waals surface area contributed by atoms with Crippen molar-refractivity contribution in [3.63, 3.8) is 0 Å². The Morgan fingerprint density at radius 1 is 1.22 bits per heavy atom. The van der Waals surface area contributed by atoms with E-state index in [1.807, 2.05) is 0 Å². The van der Waals surface area contributed by atoms with E-state index in [1.165, 1.54) is 51.4 Å². The maximum Gasteiger partial charge on any atom is 0.00955 e. The van der Waals surface area contributed by atoms with Gasteiger partial charge < -0.3 is 5.32 Å². The van der Waals surface area contributed by atoms with Crippen LogP contribution in [0.4, 0.5) is 0 Å². The predicted molar refractivity (Wildman–Crippen MR) is 80.5 cm³/mol. The highest BCUT2D eigenvalue weighted by Crippen LogP contribution is 2.34. The van der Waals surface area contributed by atoms with Gasteiger partial charge in [-0.15, -0.1) is 12.3 Å². The van der Waals surface area contributed by atoms with E-state index >= 15 is 0 Å². The van der Waals surface area contributed by atoms with Crippen molar-refractivity contribution >= 4 is 0 Å². The highest BCUT2D eigenvalue weighted by molar-refractivity contribution is 4.86. The molecular formula is C17H31N. The molecule has 0 aromatic carbocycles. The second-order valence-corrected chi connectivity index (χ2v) is 5.83. The minimum Gasteiger partial charge on any atom is -0.314 e. The number of terminal acetylenes is 1. The van der Waals surface area contributed by atoms with E-state index in [9.17, 15) is 0 Å². The number of unbranched alkanes of at least 4 members (excludes halogenated alkanes) is 1. The van der Waals surface area contributed by atoms with Crippen molar-refractivity contribution in [2.45, 2.75) is 77.7 Å². The molecule has 0 aliphatic heterocycles. The lowest BCUT2D eigenvalue weighted by Crippen LogP contribution is -2.38. The van der Waals surface area contributed by atoms with Crippen molar-refractivity contribution in [2.75, 3.05) is 6.54 Å². The van der Waals surface area contributed by atoms with Crippen LogP contribution in [0.2, 0.25) is 0 Å². The Hall–Kier alpha value is -0.480. The zero-order chi connectivity index (χ0) is 13.2. The van der Waals surface area contributed by atoms with E-state index < -0.39 is 0 Å². The van der Waals surface area contributed by atoms with E-state index in [0.717, 1.165) is 24.8 Å². The second-order valence-electron chi connectivity index (χ2n) is 5.83. The van der Waals surface area contributed by atoms with Crippen LogP contribution in [0, 0.1) is 24.2 Å². The molecule has 0 heterocycles. The highest BCUT2D eigenvalue weighted by Gasteiger charge is 2.26. The zero-order valence-electron chi connectivity index (χ0n) is 12.4. The molecule has 104 valence electrons. The summed E-state index contributed by atoms with van der Waals surface area (Å²) in [6.45, 7) is 5.62. The molecule has 0 amide bonds. The zero-order valence-corrected chi connectivity index (χ0v) is 12.4. The lowest BCUT2D eigenvalue weighted by Gasteiger charge is -2.34. The minimum atomic E-state index is 0.714. The Bertz CT molecular complexity index is 232. The minimum absolute atomic E-state index is 0.714. The molecule has 0 aromatic heterocycles. The summed E-state index contributed by atoms with van der Waals surface area (Å²) in [5, 5.41) is 3.69. The van der Waals surface area contributed by atoms with Crippen LogP contribution in [0.15, 0.2) is 0 Å². The lowest BCUT2D eigenvalue weighted by molar-refractivity contribution is 0.207. The Kier molecular flexibility index (Phi) is 8.18. The fourth-order valence-electron chi connectivity index (χ4n) is 3.48. The van der Waals surface area contributed by atoms with Crippen molar-refractivity contribution in [3.8, 4) is 12.3 Å². The van der Waals surface area contributed by atoms with Gasteiger partial charge in [-0.2, -0.15) is 0 Å². The third-order valence-electron chi connectivity index (χ3n) is 4.46. The molecule has 1 fully saturated rings. The second kappa shape index (κ2) is 9.45. The molecule has 0 radical (unpaired) electrons. The maximum absolute atomic E-state index is 5.35. The first-order valence-electron chi connectivity index (χ1n) is 7.98. The Labute approximate surface area is 114 Å². The van der Waals surface area contributed by atoms with E-state index in [4.69, 9.17) is 6.42 Å². The monoisotopic (exact) mass is 249 g/mol. The van der Waals surface area contributed by atoms with E-state index in [2.05, 4.69) is 25.1 Å². The van der Waals surface area contributed by atoms with Crippen molar-refractivity contribution in [1.82, 2.24) is 5.32 Å². The summed E-state index contributed by atoms with van der Waals surface area (Å²) in [4.78, 5) is 0. The average Bonchev–Trinajstić information content (AvgIpc) is 2.39. The van der Waals surface area contributed by atoms with Crippen LogP contribution in [0.1, 0.15) is 71.6 Å². The molecule has 1 rings (SSSR count). The van der Waals surface area contributed by atoms with E-state index in [1.54, 1.807) is 0 Å². The summed E-state index contributed by atoms with van der Waals surface area (Å²) in [6.07, 6.45) is 17.3. The summed E-state index contributed by atoms with van der Waals surface area (Å²) >= 11 is 0. The third-order valence-corrected chi connectivity index (χ3v) is 4.46. The summed E-state index contributed by atoms with van der Waals surface area (Å²) in [6, 6.07) is 0.714. The van der Waals surface area contributed by atoms with Crippen molar-refractivity contribution in [3.05, 3.63) is 0 Å². The van der Waals surface area contributed by atoms with Gasteiger partial charge in [0.25, 0.3) is 0 Å². The molecule has 1 saturated carbocycles. The SMILES string of the molecule is C#CCCCC(NCC)C1CCC(CCC)CC1. The Morgan fingerprint density at radius 3 is 2.50 bits per heavy atom. The molecule has 1 unspecified atom stereocenters. The standard InChI is InChI=1S/C17H31N/c1-4-7-8-10-17(18-6-3)16-13-11-15(9-5-2)12-14-16/h1,15-18H,5-14H2,2-3H3. The molecule has 1 heteroatoms. The lowest BCUT2D eigenvalue weighted by atomic mass is 9.76. The van der Waals surface area contributed by atoms with Gasteiger partial charge in [0.2, 0.25) is 0 Å². The van der Waals surface area contributed by atoms with Gasteiger partial charge >= 0.3 is 0 Å². The first-order valence-corrected chi connectivity index (χ1v) is 7.98. The third kappa shape index (κ3) is 5.44. The molecule has 1 N–H and O–H groups in total. The first-order chi connectivity index (χ1) is 8.81. The van der Waals surface area contributed by atoms with Crippen LogP contribution in [-0.4, -0.2) is 12.6 Å². The number of hydrogen-bond acceptors (Lipinski definition) is 1. The molecule has 18 heavy (non-hydrogen) atoms. The van der Waals surface area contributed by atoms with Gasteiger partial charge in [0.1, 0.15) is 0 Å². The van der Waals surface area contributed by atoms with Gasteiger partial charge in [-0.3, -0.25) is 0 Å². The van der Waals surface area contributed by atoms with Gasteiger partial charge in [0.15, 0.2) is 0 Å². The van der Waals surface area contributed by atoms with Gasteiger partial charge in [-0.25, -0.2) is 0 Å². The fraction of sp³-hybridized carbons (Fsp3) is 0.882. The summed E-state index contributed by atoms with van der Waals surface area (Å²) in [5.41, 5.74) is 0. The quantitative estimate of drug-likeness (QED) is 0.497. The Balaban J connectivity index is 2.32. The number of hydrogen-bond donors (Lipinski definition) is 1. The van der Waals surface area contributed by atoms with Gasteiger partial charge in [0, 0.05) is 12.5 Å². The van der Waals surface area contributed by atoms with E-state index in [-0.39, 0.29) is 0 Å². The maximum atomic E-state index is 5.35. The average molecular weight is 249 g/mol. The molecule has 1 aliphatic carbocycles. The van der Waals surface area contributed by atoms with Crippen LogP contribution < -0.4 is 5.32 Å². The molecule has 0 spiro atoms. The van der Waals surface area contributed by atoms with Crippen molar-refractivity contribution in [1.29, 1.82) is 0 Å². The van der Waals surface area contributed by atoms with Crippen LogP contribution in [0.5, 0.6) is 0 Å². The van der Waals surface area contributed by atoms with Gasteiger partial charge in [0.05, 0.1) is 0 Å². The molecular weight excluding hydrogens is 218 g/mol. The molecule has 1 aliphatic rings. The fourth-order valence-corrected chi connectivity index (χ4v) is 3.48. The highest BCUT2D eigenvalue weighted by atomic mass is 14.9. The van der Waals surface area contributed by atoms with Crippen LogP contribution in [0.3, 0.4) is 0 Å². The number of rotatable bonds is 8. The molecule has 0 saturated heterocycles. The Morgan fingerprint density at radius 2 is 1.94 bits per heavy atom. The van der Waals surface area contributed by atoms with Gasteiger partial charge in [-0.1, -0.05) is 39.5 Å². The molecule has 0 aromatic rings. The summed E-state index contributed by atoms with van der Waals surface area (Å²) < 4.78 is 0. The van der Waals surface area contributed by atoms with E-state index in [0.29, 0.717) is 6.04 Å². The van der Waals surface area contributed by atoms with Crippen LogP contribution in [-0.2, 0) is 0 Å². The van der Waals surface area contributed by atoms with Crippen LogP contribution in [0.25, 0.3) is 0 Å². The summed E-state index contributed by atoms with van der Waals surface area (Å²) in [5.74, 6) is 4.68. The van der Waals surface area contributed by atoms with Gasteiger partial charge in [-0.05, 0) is 44.1 Å². The first kappa shape index (κ1) is 15.6. The predicted octanol–water partition coefficient (Wildman–Crippen LogP) is 4.37. The smallest absolute Gasteiger partial charge is 0.00955 e. The summed E-state index contributed by atoms with van der Waals surface area (Å²) in [7, 11) is 0. The van der Waals surface area contributed by atoms with Crippen molar-refractivity contribution in [2.24, 2.45) is 11.8 Å². The molecule has 1 nitrogen and oxygen atoms in total. The molecule has 0 bridgehead atoms. The van der Waals surface area contributed by atoms with Crippen molar-refractivity contribution < 1.29 is 0 Å². The normalized spacial score (nSPS) is 25.6. The largest absolute Gasteiger partial charge is 0.314 e. The molecule has 1 atom stereocenters. The number of nitrogens with one attached hydrogen (secondary N) is 1.